The van der Waals surface area contributed by atoms with Crippen LogP contribution in [0.4, 0.5) is 0 Å². The number of aromatic nitrogens is 1. The lowest BCUT2D eigenvalue weighted by atomic mass is 10.2. The monoisotopic (exact) mass is 396 g/mol. The van der Waals surface area contributed by atoms with E-state index in [0.29, 0.717) is 5.39 Å². The molecule has 2 heterocycles. The van der Waals surface area contributed by atoms with Crippen molar-refractivity contribution in [2.75, 3.05) is 26.7 Å². The molecule has 0 fully saturated rings. The molecule has 4 aromatic rings. The van der Waals surface area contributed by atoms with E-state index in [4.69, 9.17) is 4.74 Å². The molecule has 0 aliphatic rings. The number of ether oxygens (including phenoxy) is 1. The Kier molecular flexibility index (Phi) is 5.00. The van der Waals surface area contributed by atoms with Crippen molar-refractivity contribution in [3.05, 3.63) is 46.6 Å². The molecule has 0 saturated carbocycles. The molecule has 0 bridgehead atoms. The molecule has 5 nitrogen and oxygen atoms in total. The highest BCUT2D eigenvalue weighted by atomic mass is 32.1. The van der Waals surface area contributed by atoms with Crippen LogP contribution in [-0.4, -0.2) is 41.3 Å². The second-order valence-electron chi connectivity index (χ2n) is 6.85. The number of methoxy groups -OCH3 is 1. The van der Waals surface area contributed by atoms with Gasteiger partial charge in [0.1, 0.15) is 17.0 Å². The average Bonchev–Trinajstić information content (AvgIpc) is 3.01. The molecule has 2 aromatic carbocycles. The number of hydrogen-bond acceptors (Lipinski definition) is 5. The Balaban J connectivity index is 2.03. The third kappa shape index (κ3) is 3.02. The molecular weight excluding hydrogens is 372 g/mol. The smallest absolute Gasteiger partial charge is 0.212 e. The van der Waals surface area contributed by atoms with E-state index in [1.54, 1.807) is 30.6 Å². The third-order valence-electron chi connectivity index (χ3n) is 5.40. The Hall–Kier alpha value is -2.57. The lowest BCUT2D eigenvalue weighted by molar-refractivity contribution is 0.293. The number of hydrogen-bond donors (Lipinski definition) is 1. The fourth-order valence-electron chi connectivity index (χ4n) is 3.79. The topological polar surface area (TPSA) is 54.7 Å². The van der Waals surface area contributed by atoms with Crippen LogP contribution in [0, 0.1) is 0 Å². The lowest BCUT2D eigenvalue weighted by Crippen LogP contribution is -2.27. The van der Waals surface area contributed by atoms with Gasteiger partial charge in [0, 0.05) is 28.6 Å². The van der Waals surface area contributed by atoms with E-state index in [2.05, 4.69) is 23.3 Å². The zero-order valence-corrected chi connectivity index (χ0v) is 17.2. The van der Waals surface area contributed by atoms with Gasteiger partial charge in [-0.3, -0.25) is 4.79 Å². The number of benzene rings is 2. The Labute approximate surface area is 167 Å². The van der Waals surface area contributed by atoms with Gasteiger partial charge < -0.3 is 19.3 Å². The van der Waals surface area contributed by atoms with E-state index in [9.17, 15) is 9.90 Å². The Morgan fingerprint density at radius 3 is 2.61 bits per heavy atom. The average molecular weight is 397 g/mol. The molecule has 28 heavy (non-hydrogen) atoms. The first-order valence-corrected chi connectivity index (χ1v) is 10.4. The van der Waals surface area contributed by atoms with Crippen molar-refractivity contribution in [1.29, 1.82) is 0 Å². The Bertz CT molecular complexity index is 1220. The van der Waals surface area contributed by atoms with Gasteiger partial charge in [-0.25, -0.2) is 0 Å². The predicted molar refractivity (Wildman–Crippen MR) is 117 cm³/mol. The second kappa shape index (κ2) is 7.45. The zero-order chi connectivity index (χ0) is 19.8. The molecule has 6 heteroatoms. The first kappa shape index (κ1) is 18.8. The molecule has 4 rings (SSSR count). The van der Waals surface area contributed by atoms with Crippen molar-refractivity contribution in [2.24, 2.45) is 0 Å². The number of fused-ring (bicyclic) bond motifs is 4. The molecule has 0 atom stereocenters. The molecule has 1 N–H and O–H groups in total. The number of aromatic hydroxyl groups is 1. The molecule has 0 aliphatic heterocycles. The fourth-order valence-corrected chi connectivity index (χ4v) is 5.03. The summed E-state index contributed by atoms with van der Waals surface area (Å²) in [5.41, 5.74) is 1.73. The molecule has 2 aromatic heterocycles. The summed E-state index contributed by atoms with van der Waals surface area (Å²) in [5.74, 6) is 0.941. The quantitative estimate of drug-likeness (QED) is 0.524. The van der Waals surface area contributed by atoms with Crippen LogP contribution in [0.25, 0.3) is 31.2 Å². The van der Waals surface area contributed by atoms with E-state index in [1.807, 2.05) is 24.3 Å². The number of nitrogens with zero attached hydrogens (tertiary/aromatic N) is 2. The summed E-state index contributed by atoms with van der Waals surface area (Å²) in [6.45, 7) is 7.85. The van der Waals surface area contributed by atoms with Crippen LogP contribution in [-0.2, 0) is 6.54 Å². The molecule has 0 unspecified atom stereocenters. The van der Waals surface area contributed by atoms with Crippen molar-refractivity contribution in [3.8, 4) is 11.5 Å². The maximum absolute atomic E-state index is 13.4. The molecule has 0 amide bonds. The maximum atomic E-state index is 13.4. The van der Waals surface area contributed by atoms with Crippen molar-refractivity contribution < 1.29 is 9.84 Å². The summed E-state index contributed by atoms with van der Waals surface area (Å²) in [4.78, 5) is 15.8. The number of rotatable bonds is 6. The summed E-state index contributed by atoms with van der Waals surface area (Å²) in [7, 11) is 1.62. The SMILES string of the molecule is CCN(CC)CCn1c2ccc(O)cc2c2sc3cc(OC)ccc3c(=O)c21. The van der Waals surface area contributed by atoms with Crippen LogP contribution >= 0.6 is 11.3 Å². The van der Waals surface area contributed by atoms with E-state index in [-0.39, 0.29) is 11.2 Å². The second-order valence-corrected chi connectivity index (χ2v) is 7.90. The Morgan fingerprint density at radius 2 is 1.89 bits per heavy atom. The van der Waals surface area contributed by atoms with Crippen LogP contribution in [0.15, 0.2) is 41.2 Å². The van der Waals surface area contributed by atoms with Gasteiger partial charge >= 0.3 is 0 Å². The van der Waals surface area contributed by atoms with Gasteiger partial charge in [-0.05, 0) is 49.5 Å². The molecule has 0 aliphatic carbocycles. The van der Waals surface area contributed by atoms with Crippen molar-refractivity contribution >= 4 is 42.5 Å². The van der Waals surface area contributed by atoms with Gasteiger partial charge in [0.05, 0.1) is 17.3 Å². The van der Waals surface area contributed by atoms with Gasteiger partial charge in [0.2, 0.25) is 5.43 Å². The first-order valence-electron chi connectivity index (χ1n) is 9.55. The lowest BCUT2D eigenvalue weighted by Gasteiger charge is -2.19. The van der Waals surface area contributed by atoms with Crippen molar-refractivity contribution in [1.82, 2.24) is 9.47 Å². The summed E-state index contributed by atoms with van der Waals surface area (Å²) >= 11 is 1.57. The van der Waals surface area contributed by atoms with Crippen molar-refractivity contribution in [2.45, 2.75) is 20.4 Å². The summed E-state index contributed by atoms with van der Waals surface area (Å²) in [6, 6.07) is 10.9. The van der Waals surface area contributed by atoms with Gasteiger partial charge in [-0.15, -0.1) is 11.3 Å². The third-order valence-corrected chi connectivity index (χ3v) is 6.57. The number of phenolic OH excluding ortho intramolecular Hbond substituents is 1. The van der Waals surface area contributed by atoms with Crippen LogP contribution < -0.4 is 10.2 Å². The molecule has 0 spiro atoms. The molecular formula is C22H24N2O3S. The number of phenols is 1. The van der Waals surface area contributed by atoms with Crippen LogP contribution in [0.1, 0.15) is 13.8 Å². The van der Waals surface area contributed by atoms with E-state index < -0.39 is 0 Å². The molecule has 0 radical (unpaired) electrons. The maximum Gasteiger partial charge on any atom is 0.212 e. The standard InChI is InChI=1S/C22H24N2O3S/c1-4-23(5-2)10-11-24-18-9-6-14(25)12-17(18)22-20(24)21(26)16-8-7-15(27-3)13-19(16)28-22/h6-9,12-13,25H,4-5,10-11H2,1-3H3. The van der Waals surface area contributed by atoms with Gasteiger partial charge in [0.15, 0.2) is 0 Å². The van der Waals surface area contributed by atoms with Gasteiger partial charge in [-0.2, -0.15) is 0 Å². The highest BCUT2D eigenvalue weighted by molar-refractivity contribution is 7.25. The largest absolute Gasteiger partial charge is 0.508 e. The van der Waals surface area contributed by atoms with Crippen LogP contribution in [0.5, 0.6) is 11.5 Å². The highest BCUT2D eigenvalue weighted by Crippen LogP contribution is 2.36. The minimum absolute atomic E-state index is 0.0293. The minimum atomic E-state index is 0.0293. The molecule has 0 saturated heterocycles. The predicted octanol–water partition coefficient (Wildman–Crippen LogP) is 4.43. The molecule has 146 valence electrons. The summed E-state index contributed by atoms with van der Waals surface area (Å²) in [6.07, 6.45) is 0. The Morgan fingerprint density at radius 1 is 1.11 bits per heavy atom. The summed E-state index contributed by atoms with van der Waals surface area (Å²) < 4.78 is 9.25. The zero-order valence-electron chi connectivity index (χ0n) is 16.4. The van der Waals surface area contributed by atoms with E-state index >= 15 is 0 Å². The van der Waals surface area contributed by atoms with Crippen molar-refractivity contribution in [3.63, 3.8) is 0 Å². The van der Waals surface area contributed by atoms with E-state index in [1.165, 1.54) is 0 Å². The minimum Gasteiger partial charge on any atom is -0.508 e. The van der Waals surface area contributed by atoms with E-state index in [0.717, 1.165) is 57.7 Å². The highest BCUT2D eigenvalue weighted by Gasteiger charge is 2.18. The van der Waals surface area contributed by atoms with Gasteiger partial charge in [-0.1, -0.05) is 13.8 Å². The fraction of sp³-hybridized carbons (Fsp3) is 0.318. The van der Waals surface area contributed by atoms with Crippen LogP contribution in [0.2, 0.25) is 0 Å². The first-order chi connectivity index (χ1) is 13.6. The number of likely N-dealkylation sites (N-methyl/N-ethyl adjacent to an activating group) is 1. The normalized spacial score (nSPS) is 11.9. The summed E-state index contributed by atoms with van der Waals surface area (Å²) in [5, 5.41) is 11.7. The van der Waals surface area contributed by atoms with Crippen LogP contribution in [0.3, 0.4) is 0 Å². The van der Waals surface area contributed by atoms with Gasteiger partial charge in [0.25, 0.3) is 0 Å².